The summed E-state index contributed by atoms with van der Waals surface area (Å²) in [6.45, 7) is 3.15. The monoisotopic (exact) mass is 422 g/mol. The smallest absolute Gasteiger partial charge is 0.232 e. The van der Waals surface area contributed by atoms with Gasteiger partial charge in [0, 0.05) is 42.0 Å². The Labute approximate surface area is 189 Å². The van der Waals surface area contributed by atoms with Crippen molar-refractivity contribution in [3.63, 3.8) is 0 Å². The zero-order chi connectivity index (χ0) is 22.1. The minimum Gasteiger partial charge on any atom is -0.475 e. The Balaban J connectivity index is 1.48. The first-order valence-electron chi connectivity index (χ1n) is 11.2. The maximum Gasteiger partial charge on any atom is 0.232 e. The lowest BCUT2D eigenvalue weighted by molar-refractivity contribution is 0.192. The van der Waals surface area contributed by atoms with E-state index in [1.807, 2.05) is 18.3 Å². The Bertz CT molecular complexity index is 1250. The first kappa shape index (κ1) is 20.4. The summed E-state index contributed by atoms with van der Waals surface area (Å²) in [6.07, 6.45) is 10.8. The lowest BCUT2D eigenvalue weighted by atomic mass is 9.95. The number of ether oxygens (including phenoxy) is 1. The zero-order valence-corrected chi connectivity index (χ0v) is 18.3. The van der Waals surface area contributed by atoms with Crippen molar-refractivity contribution in [1.82, 2.24) is 9.88 Å². The van der Waals surface area contributed by atoms with Crippen molar-refractivity contribution in [3.8, 4) is 24.3 Å². The molecule has 0 aliphatic carbocycles. The van der Waals surface area contributed by atoms with Crippen LogP contribution in [-0.2, 0) is 13.0 Å². The van der Waals surface area contributed by atoms with Crippen LogP contribution in [0.3, 0.4) is 0 Å². The average Bonchev–Trinajstić information content (AvgIpc) is 3.25. The summed E-state index contributed by atoms with van der Waals surface area (Å²) in [5, 5.41) is 12.2. The number of benzene rings is 2. The van der Waals surface area contributed by atoms with Gasteiger partial charge in [0.05, 0.1) is 0 Å². The molecule has 0 spiro atoms. The minimum atomic E-state index is 0.383. The molecule has 0 amide bonds. The largest absolute Gasteiger partial charge is 0.475 e. The molecule has 32 heavy (non-hydrogen) atoms. The van der Waals surface area contributed by atoms with Crippen LogP contribution in [0, 0.1) is 23.7 Å². The number of nitriles is 1. The number of hydrogen-bond acceptors (Lipinski definition) is 5. The molecule has 5 heteroatoms. The van der Waals surface area contributed by atoms with Crippen LogP contribution in [0.2, 0.25) is 0 Å². The van der Waals surface area contributed by atoms with Gasteiger partial charge in [0.1, 0.15) is 18.2 Å². The van der Waals surface area contributed by atoms with Gasteiger partial charge in [-0.25, -0.2) is 4.98 Å². The average molecular weight is 423 g/mol. The third kappa shape index (κ3) is 3.55. The lowest BCUT2D eigenvalue weighted by Crippen LogP contribution is -2.32. The number of hydrogen-bond donors (Lipinski definition) is 0. The van der Waals surface area contributed by atoms with Crippen LogP contribution < -0.4 is 9.64 Å². The van der Waals surface area contributed by atoms with Crippen molar-refractivity contribution in [3.05, 3.63) is 64.8 Å². The van der Waals surface area contributed by atoms with E-state index < -0.39 is 0 Å². The third-order valence-electron chi connectivity index (χ3n) is 6.82. The summed E-state index contributed by atoms with van der Waals surface area (Å²) >= 11 is 0. The van der Waals surface area contributed by atoms with E-state index in [0.29, 0.717) is 30.6 Å². The van der Waals surface area contributed by atoms with Crippen LogP contribution in [0.25, 0.3) is 10.8 Å². The molecule has 0 saturated carbocycles. The maximum atomic E-state index is 10.0. The second-order valence-corrected chi connectivity index (χ2v) is 8.64. The Morgan fingerprint density at radius 3 is 2.81 bits per heavy atom. The number of terminal acetylenes is 1. The van der Waals surface area contributed by atoms with Crippen molar-refractivity contribution >= 4 is 16.5 Å². The van der Waals surface area contributed by atoms with Gasteiger partial charge in [0.25, 0.3) is 0 Å². The number of rotatable bonds is 4. The van der Waals surface area contributed by atoms with Gasteiger partial charge in [0.2, 0.25) is 5.88 Å². The van der Waals surface area contributed by atoms with E-state index in [4.69, 9.17) is 11.2 Å². The molecule has 0 bridgehead atoms. The van der Waals surface area contributed by atoms with E-state index in [0.717, 1.165) is 59.1 Å². The fourth-order valence-corrected chi connectivity index (χ4v) is 4.99. The molecule has 160 valence electrons. The lowest BCUT2D eigenvalue weighted by Gasteiger charge is -2.32. The first-order valence-corrected chi connectivity index (χ1v) is 11.2. The van der Waals surface area contributed by atoms with Crippen LogP contribution in [0.5, 0.6) is 5.88 Å². The quantitative estimate of drug-likeness (QED) is 0.592. The number of nitrogens with zero attached hydrogens (tertiary/aromatic N) is 4. The number of anilines is 1. The highest BCUT2D eigenvalue weighted by Crippen LogP contribution is 2.35. The molecule has 2 aliphatic heterocycles. The van der Waals surface area contributed by atoms with Gasteiger partial charge >= 0.3 is 0 Å². The predicted molar refractivity (Wildman–Crippen MR) is 127 cm³/mol. The highest BCUT2D eigenvalue weighted by atomic mass is 16.5. The number of fused-ring (bicyclic) bond motifs is 2. The number of pyridine rings is 1. The van der Waals surface area contributed by atoms with Gasteiger partial charge < -0.3 is 14.5 Å². The van der Waals surface area contributed by atoms with Crippen molar-refractivity contribution in [2.45, 2.75) is 31.8 Å². The highest BCUT2D eigenvalue weighted by molar-refractivity contribution is 5.98. The fourth-order valence-electron chi connectivity index (χ4n) is 4.99. The van der Waals surface area contributed by atoms with Crippen molar-refractivity contribution in [1.29, 1.82) is 5.26 Å². The second kappa shape index (κ2) is 8.54. The van der Waals surface area contributed by atoms with E-state index in [1.165, 1.54) is 6.42 Å². The maximum absolute atomic E-state index is 10.0. The molecule has 1 aromatic heterocycles. The van der Waals surface area contributed by atoms with Gasteiger partial charge in [-0.15, -0.1) is 6.42 Å². The van der Waals surface area contributed by atoms with Gasteiger partial charge in [-0.05, 0) is 61.5 Å². The van der Waals surface area contributed by atoms with Gasteiger partial charge in [0.15, 0.2) is 0 Å². The Morgan fingerprint density at radius 1 is 1.22 bits per heavy atom. The molecule has 0 N–H and O–H groups in total. The summed E-state index contributed by atoms with van der Waals surface area (Å²) in [6, 6.07) is 15.1. The predicted octanol–water partition coefficient (Wildman–Crippen LogP) is 4.12. The van der Waals surface area contributed by atoms with Crippen molar-refractivity contribution in [2.75, 3.05) is 31.6 Å². The molecule has 1 atom stereocenters. The van der Waals surface area contributed by atoms with Gasteiger partial charge in [-0.2, -0.15) is 5.26 Å². The fraction of sp³-hybridized carbons (Fsp3) is 0.333. The molecule has 3 heterocycles. The SMILES string of the molecule is C#Cc1cccc2cccc(N3CCc4cnc(OC[C@@H]5CCCN5C)c(C#N)c4C3)c12. The molecule has 1 fully saturated rings. The summed E-state index contributed by atoms with van der Waals surface area (Å²) in [5.41, 5.74) is 4.70. The number of aromatic nitrogens is 1. The van der Waals surface area contributed by atoms with Crippen molar-refractivity contribution in [2.24, 2.45) is 0 Å². The molecular formula is C27H26N4O. The highest BCUT2D eigenvalue weighted by Gasteiger charge is 2.26. The van der Waals surface area contributed by atoms with E-state index in [9.17, 15) is 5.26 Å². The third-order valence-corrected chi connectivity index (χ3v) is 6.82. The van der Waals surface area contributed by atoms with E-state index in [-0.39, 0.29) is 0 Å². The standard InChI is InChI=1S/C27H26N4O/c1-3-19-7-4-8-20-9-5-11-25(26(19)20)31-14-12-21-16-29-27(23(15-28)24(21)17-31)32-18-22-10-6-13-30(22)2/h1,4-5,7-9,11,16,22H,6,10,12-14,17-18H2,2H3/t22-/m0/s1. The van der Waals surface area contributed by atoms with Crippen LogP contribution in [0.15, 0.2) is 42.6 Å². The topological polar surface area (TPSA) is 52.4 Å². The molecule has 0 radical (unpaired) electrons. The zero-order valence-electron chi connectivity index (χ0n) is 18.3. The second-order valence-electron chi connectivity index (χ2n) is 8.64. The van der Waals surface area contributed by atoms with Crippen LogP contribution >= 0.6 is 0 Å². The number of likely N-dealkylation sites (tertiary alicyclic amines) is 1. The molecular weight excluding hydrogens is 396 g/mol. The molecule has 2 aliphatic rings. The molecule has 2 aromatic carbocycles. The van der Waals surface area contributed by atoms with E-state index >= 15 is 0 Å². The summed E-state index contributed by atoms with van der Waals surface area (Å²) < 4.78 is 6.08. The summed E-state index contributed by atoms with van der Waals surface area (Å²) in [4.78, 5) is 9.15. The molecule has 5 rings (SSSR count). The van der Waals surface area contributed by atoms with E-state index in [1.54, 1.807) is 0 Å². The van der Waals surface area contributed by atoms with Crippen LogP contribution in [0.4, 0.5) is 5.69 Å². The first-order chi connectivity index (χ1) is 15.7. The molecule has 0 unspecified atom stereocenters. The van der Waals surface area contributed by atoms with E-state index in [2.05, 4.69) is 58.1 Å². The van der Waals surface area contributed by atoms with Crippen LogP contribution in [-0.4, -0.2) is 42.7 Å². The summed E-state index contributed by atoms with van der Waals surface area (Å²) in [7, 11) is 2.12. The molecule has 3 aromatic rings. The van der Waals surface area contributed by atoms with Crippen molar-refractivity contribution < 1.29 is 4.74 Å². The molecule has 1 saturated heterocycles. The Kier molecular flexibility index (Phi) is 5.43. The van der Waals surface area contributed by atoms with Crippen LogP contribution in [0.1, 0.15) is 35.1 Å². The van der Waals surface area contributed by atoms with Gasteiger partial charge in [-0.1, -0.05) is 30.2 Å². The Morgan fingerprint density at radius 2 is 2.06 bits per heavy atom. The molecule has 5 nitrogen and oxygen atoms in total. The number of likely N-dealkylation sites (N-methyl/N-ethyl adjacent to an activating group) is 1. The Hall–Kier alpha value is -3.54. The normalized spacial score (nSPS) is 18.2. The van der Waals surface area contributed by atoms with Gasteiger partial charge in [-0.3, -0.25) is 0 Å². The summed E-state index contributed by atoms with van der Waals surface area (Å²) in [5.74, 6) is 3.29. The minimum absolute atomic E-state index is 0.383.